The van der Waals surface area contributed by atoms with Crippen LogP contribution in [-0.2, 0) is 19.2 Å². The quantitative estimate of drug-likeness (QED) is 0.647. The monoisotopic (exact) mass is 330 g/mol. The van der Waals surface area contributed by atoms with E-state index in [0.717, 1.165) is 0 Å². The molecule has 0 amide bonds. The molecule has 0 spiro atoms. The molecular weight excluding hydrogens is 312 g/mol. The van der Waals surface area contributed by atoms with E-state index < -0.39 is 26.9 Å². The topological polar surface area (TPSA) is 122 Å². The Balaban J connectivity index is 2.32. The Labute approximate surface area is 128 Å². The minimum Gasteiger partial charge on any atom is -0.367 e. The van der Waals surface area contributed by atoms with E-state index in [4.69, 9.17) is 9.88 Å². The molecule has 22 heavy (non-hydrogen) atoms. The fraction of sp³-hybridized carbons (Fsp3) is 0.538. The van der Waals surface area contributed by atoms with Gasteiger partial charge < -0.3 is 4.74 Å². The average Bonchev–Trinajstić information content (AvgIpc) is 2.71. The predicted molar refractivity (Wildman–Crippen MR) is 78.2 cm³/mol. The van der Waals surface area contributed by atoms with Gasteiger partial charge in [-0.25, -0.2) is 5.14 Å². The van der Waals surface area contributed by atoms with Gasteiger partial charge in [0.1, 0.15) is 0 Å². The van der Waals surface area contributed by atoms with Gasteiger partial charge in [-0.3, -0.25) is 14.3 Å². The summed E-state index contributed by atoms with van der Waals surface area (Å²) in [5.41, 5.74) is -0.201. The Morgan fingerprint density at radius 3 is 2.68 bits per heavy atom. The largest absolute Gasteiger partial charge is 0.367 e. The smallest absolute Gasteiger partial charge is 0.333 e. The molecule has 2 atom stereocenters. The lowest BCUT2D eigenvalue weighted by atomic mass is 9.91. The van der Waals surface area contributed by atoms with Crippen molar-refractivity contribution in [2.24, 2.45) is 11.1 Å². The summed E-state index contributed by atoms with van der Waals surface area (Å²) < 4.78 is 32.5. The number of hydrogen-bond donors (Lipinski definition) is 1. The predicted octanol–water partition coefficient (Wildman–Crippen LogP) is 1.67. The maximum Gasteiger partial charge on any atom is 0.333 e. The second kappa shape index (κ2) is 5.92. The van der Waals surface area contributed by atoms with Crippen LogP contribution in [0.4, 0.5) is 5.69 Å². The van der Waals surface area contributed by atoms with Crippen molar-refractivity contribution in [1.29, 1.82) is 0 Å². The standard InChI is InChI=1S/C13H18N2O6S/c1-13(2)7-9(8-20-22(14,18)19)12(21-13)10-5-3-4-6-11(10)15(16)17/h3-6,9,12H,7-8H2,1-2H3,(H2,14,18,19)/t9-,12+/m0/s1. The van der Waals surface area contributed by atoms with Crippen molar-refractivity contribution in [2.75, 3.05) is 6.61 Å². The fourth-order valence-electron chi connectivity index (χ4n) is 2.77. The molecular formula is C13H18N2O6S. The van der Waals surface area contributed by atoms with Crippen LogP contribution >= 0.6 is 0 Å². The molecule has 1 heterocycles. The Bertz CT molecular complexity index is 673. The minimum atomic E-state index is -4.07. The van der Waals surface area contributed by atoms with Crippen LogP contribution in [0.5, 0.6) is 0 Å². The third-order valence-corrected chi connectivity index (χ3v) is 3.98. The summed E-state index contributed by atoms with van der Waals surface area (Å²) in [6.45, 7) is 3.50. The molecule has 1 aliphatic rings. The second-order valence-corrected chi connectivity index (χ2v) is 7.08. The van der Waals surface area contributed by atoms with Crippen LogP contribution in [0.3, 0.4) is 0 Å². The molecule has 0 aromatic heterocycles. The number of nitro benzene ring substituents is 1. The maximum absolute atomic E-state index is 11.2. The van der Waals surface area contributed by atoms with Crippen LogP contribution in [0.15, 0.2) is 24.3 Å². The first-order chi connectivity index (χ1) is 10.1. The number of nitro groups is 1. The SMILES string of the molecule is CC1(C)C[C@@H](COS(N)(=O)=O)[C@H](c2ccccc2[N+](=O)[O-])O1. The third-order valence-electron chi connectivity index (χ3n) is 3.51. The molecule has 122 valence electrons. The van der Waals surface area contributed by atoms with Gasteiger partial charge >= 0.3 is 10.3 Å². The van der Waals surface area contributed by atoms with Crippen molar-refractivity contribution >= 4 is 16.0 Å². The third kappa shape index (κ3) is 4.01. The summed E-state index contributed by atoms with van der Waals surface area (Å²) in [4.78, 5) is 10.7. The molecule has 0 unspecified atom stereocenters. The summed E-state index contributed by atoms with van der Waals surface area (Å²) in [5.74, 6) is -0.352. The summed E-state index contributed by atoms with van der Waals surface area (Å²) in [7, 11) is -4.07. The Morgan fingerprint density at radius 2 is 2.09 bits per heavy atom. The van der Waals surface area contributed by atoms with Crippen LogP contribution in [0.2, 0.25) is 0 Å². The van der Waals surface area contributed by atoms with Gasteiger partial charge in [0.05, 0.1) is 28.8 Å². The van der Waals surface area contributed by atoms with Crippen LogP contribution in [0, 0.1) is 16.0 Å². The highest BCUT2D eigenvalue weighted by atomic mass is 32.2. The molecule has 0 aliphatic carbocycles. The fourth-order valence-corrected chi connectivity index (χ4v) is 3.13. The van der Waals surface area contributed by atoms with Gasteiger partial charge in [-0.2, -0.15) is 8.42 Å². The van der Waals surface area contributed by atoms with Gasteiger partial charge in [-0.05, 0) is 26.3 Å². The molecule has 0 saturated carbocycles. The molecule has 8 nitrogen and oxygen atoms in total. The van der Waals surface area contributed by atoms with E-state index in [2.05, 4.69) is 4.18 Å². The van der Waals surface area contributed by atoms with Gasteiger partial charge in [0.2, 0.25) is 0 Å². The summed E-state index contributed by atoms with van der Waals surface area (Å²) in [6, 6.07) is 6.24. The first kappa shape index (κ1) is 16.8. The maximum atomic E-state index is 11.2. The van der Waals surface area contributed by atoms with Gasteiger partial charge in [-0.15, -0.1) is 0 Å². The number of hydrogen-bond acceptors (Lipinski definition) is 6. The van der Waals surface area contributed by atoms with Crippen molar-refractivity contribution in [3.05, 3.63) is 39.9 Å². The Kier molecular flexibility index (Phi) is 4.52. The second-order valence-electron chi connectivity index (χ2n) is 5.86. The highest BCUT2D eigenvalue weighted by Crippen LogP contribution is 2.46. The molecule has 2 N–H and O–H groups in total. The zero-order chi connectivity index (χ0) is 16.5. The molecule has 1 fully saturated rings. The normalized spacial score (nSPS) is 24.3. The summed E-state index contributed by atoms with van der Waals surface area (Å²) >= 11 is 0. The van der Waals surface area contributed by atoms with E-state index in [0.29, 0.717) is 12.0 Å². The van der Waals surface area contributed by atoms with Crippen molar-refractivity contribution < 1.29 is 22.3 Å². The first-order valence-corrected chi connectivity index (χ1v) is 8.14. The number of benzene rings is 1. The minimum absolute atomic E-state index is 0.0641. The lowest BCUT2D eigenvalue weighted by Crippen LogP contribution is -2.22. The lowest BCUT2D eigenvalue weighted by Gasteiger charge is -2.20. The van der Waals surface area contributed by atoms with E-state index in [1.807, 2.05) is 13.8 Å². The van der Waals surface area contributed by atoms with Crippen molar-refractivity contribution in [1.82, 2.24) is 0 Å². The molecule has 0 bridgehead atoms. The van der Waals surface area contributed by atoms with Crippen molar-refractivity contribution in [3.63, 3.8) is 0 Å². The van der Waals surface area contributed by atoms with Gasteiger partial charge in [0.15, 0.2) is 0 Å². The molecule has 9 heteroatoms. The van der Waals surface area contributed by atoms with E-state index in [-0.39, 0.29) is 18.2 Å². The Hall–Kier alpha value is -1.55. The Morgan fingerprint density at radius 1 is 1.45 bits per heavy atom. The summed E-state index contributed by atoms with van der Waals surface area (Å²) in [6.07, 6.45) is -0.127. The van der Waals surface area contributed by atoms with Gasteiger partial charge in [-0.1, -0.05) is 12.1 Å². The van der Waals surface area contributed by atoms with E-state index in [9.17, 15) is 18.5 Å². The first-order valence-electron chi connectivity index (χ1n) is 6.67. The highest BCUT2D eigenvalue weighted by Gasteiger charge is 2.43. The van der Waals surface area contributed by atoms with Gasteiger partial charge in [0, 0.05) is 12.0 Å². The number of nitrogens with two attached hydrogens (primary N) is 1. The zero-order valence-corrected chi connectivity index (χ0v) is 13.1. The molecule has 1 aromatic rings. The highest BCUT2D eigenvalue weighted by molar-refractivity contribution is 7.84. The van der Waals surface area contributed by atoms with E-state index >= 15 is 0 Å². The van der Waals surface area contributed by atoms with Crippen LogP contribution in [-0.4, -0.2) is 25.5 Å². The molecule has 1 aliphatic heterocycles. The molecule has 1 aromatic carbocycles. The van der Waals surface area contributed by atoms with Gasteiger partial charge in [0.25, 0.3) is 5.69 Å². The van der Waals surface area contributed by atoms with E-state index in [1.54, 1.807) is 18.2 Å². The summed E-state index contributed by atoms with van der Waals surface area (Å²) in [5, 5.41) is 16.0. The number of para-hydroxylation sites is 1. The van der Waals surface area contributed by atoms with Crippen LogP contribution in [0.1, 0.15) is 31.9 Å². The van der Waals surface area contributed by atoms with Crippen LogP contribution < -0.4 is 5.14 Å². The van der Waals surface area contributed by atoms with Crippen molar-refractivity contribution in [3.8, 4) is 0 Å². The lowest BCUT2D eigenvalue weighted by molar-refractivity contribution is -0.386. The average molecular weight is 330 g/mol. The molecule has 1 saturated heterocycles. The van der Waals surface area contributed by atoms with Crippen molar-refractivity contribution in [2.45, 2.75) is 32.0 Å². The zero-order valence-electron chi connectivity index (χ0n) is 12.3. The molecule has 0 radical (unpaired) electrons. The van der Waals surface area contributed by atoms with Crippen LogP contribution in [0.25, 0.3) is 0 Å². The number of ether oxygens (including phenoxy) is 1. The number of rotatable bonds is 5. The molecule has 2 rings (SSSR count). The van der Waals surface area contributed by atoms with E-state index in [1.165, 1.54) is 6.07 Å². The number of nitrogens with zero attached hydrogens (tertiary/aromatic N) is 1.